The van der Waals surface area contributed by atoms with Crippen LogP contribution in [0.2, 0.25) is 0 Å². The first-order chi connectivity index (χ1) is 9.52. The minimum atomic E-state index is 0.144. The highest BCUT2D eigenvalue weighted by atomic mass is 32.1. The maximum atomic E-state index is 5.75. The molecule has 0 saturated heterocycles. The summed E-state index contributed by atoms with van der Waals surface area (Å²) in [6.45, 7) is 7.02. The maximum Gasteiger partial charge on any atom is 0.160 e. The average Bonchev–Trinajstić information content (AvgIpc) is 2.73. The van der Waals surface area contributed by atoms with Crippen molar-refractivity contribution in [1.82, 2.24) is 14.5 Å². The summed E-state index contributed by atoms with van der Waals surface area (Å²) in [7, 11) is 0. The first-order valence-electron chi connectivity index (χ1n) is 7.14. The Labute approximate surface area is 125 Å². The number of hydrogen-bond donors (Lipinski definition) is 1. The minimum absolute atomic E-state index is 0.144. The summed E-state index contributed by atoms with van der Waals surface area (Å²) in [4.78, 5) is 9.82. The standard InChI is InChI=1S/C15H22N4S/c1-4-5-6-13-18-12-7-10(2)8-17-15(12)19(13)9-11(3)14(16)20/h7-8,11H,4-6,9H2,1-3H3,(H2,16,20). The molecular weight excluding hydrogens is 268 g/mol. The molecule has 0 radical (unpaired) electrons. The van der Waals surface area contributed by atoms with Crippen molar-refractivity contribution in [2.75, 3.05) is 0 Å². The van der Waals surface area contributed by atoms with E-state index < -0.39 is 0 Å². The van der Waals surface area contributed by atoms with E-state index in [9.17, 15) is 0 Å². The Bertz CT molecular complexity index is 618. The number of hydrogen-bond acceptors (Lipinski definition) is 3. The van der Waals surface area contributed by atoms with E-state index in [1.807, 2.05) is 20.0 Å². The zero-order chi connectivity index (χ0) is 14.7. The molecule has 1 atom stereocenters. The van der Waals surface area contributed by atoms with E-state index >= 15 is 0 Å². The van der Waals surface area contributed by atoms with Crippen molar-refractivity contribution in [2.24, 2.45) is 11.7 Å². The van der Waals surface area contributed by atoms with Crippen LogP contribution >= 0.6 is 12.2 Å². The Kier molecular flexibility index (Phi) is 4.70. The summed E-state index contributed by atoms with van der Waals surface area (Å²) in [6, 6.07) is 2.08. The molecule has 0 spiro atoms. The Balaban J connectivity index is 2.43. The molecule has 20 heavy (non-hydrogen) atoms. The smallest absolute Gasteiger partial charge is 0.160 e. The van der Waals surface area contributed by atoms with Crippen LogP contribution in [0.25, 0.3) is 11.2 Å². The van der Waals surface area contributed by atoms with Crippen LogP contribution < -0.4 is 5.73 Å². The molecule has 0 bridgehead atoms. The predicted molar refractivity (Wildman–Crippen MR) is 86.8 cm³/mol. The van der Waals surface area contributed by atoms with Crippen molar-refractivity contribution >= 4 is 28.4 Å². The van der Waals surface area contributed by atoms with E-state index in [0.717, 1.165) is 48.4 Å². The molecule has 0 aliphatic heterocycles. The fraction of sp³-hybridized carbons (Fsp3) is 0.533. The Morgan fingerprint density at radius 1 is 1.50 bits per heavy atom. The van der Waals surface area contributed by atoms with E-state index in [1.165, 1.54) is 0 Å². The quantitative estimate of drug-likeness (QED) is 0.831. The van der Waals surface area contributed by atoms with Crippen molar-refractivity contribution in [3.63, 3.8) is 0 Å². The number of imidazole rings is 1. The highest BCUT2D eigenvalue weighted by molar-refractivity contribution is 7.80. The van der Waals surface area contributed by atoms with Gasteiger partial charge in [0.05, 0.1) is 4.99 Å². The number of thiocarbonyl (C=S) groups is 1. The van der Waals surface area contributed by atoms with Crippen LogP contribution in [-0.2, 0) is 13.0 Å². The largest absolute Gasteiger partial charge is 0.393 e. The van der Waals surface area contributed by atoms with Gasteiger partial charge in [0, 0.05) is 25.1 Å². The number of nitrogens with two attached hydrogens (primary N) is 1. The number of aryl methyl sites for hydroxylation is 2. The summed E-state index contributed by atoms with van der Waals surface area (Å²) in [5.41, 5.74) is 8.78. The second kappa shape index (κ2) is 6.31. The summed E-state index contributed by atoms with van der Waals surface area (Å²) >= 11 is 5.09. The summed E-state index contributed by atoms with van der Waals surface area (Å²) in [5.74, 6) is 1.23. The number of rotatable bonds is 6. The second-order valence-electron chi connectivity index (χ2n) is 5.40. The second-order valence-corrected chi connectivity index (χ2v) is 5.87. The molecule has 1 unspecified atom stereocenters. The molecule has 0 aliphatic rings. The van der Waals surface area contributed by atoms with Crippen LogP contribution in [0.5, 0.6) is 0 Å². The average molecular weight is 290 g/mol. The van der Waals surface area contributed by atoms with Crippen molar-refractivity contribution in [2.45, 2.75) is 46.6 Å². The Morgan fingerprint density at radius 3 is 2.90 bits per heavy atom. The molecule has 0 saturated carbocycles. The van der Waals surface area contributed by atoms with Crippen molar-refractivity contribution in [1.29, 1.82) is 0 Å². The fourth-order valence-corrected chi connectivity index (χ4v) is 2.31. The van der Waals surface area contributed by atoms with Crippen LogP contribution in [0, 0.1) is 12.8 Å². The number of fused-ring (bicyclic) bond motifs is 1. The first kappa shape index (κ1) is 14.9. The predicted octanol–water partition coefficient (Wildman–Crippen LogP) is 3.00. The highest BCUT2D eigenvalue weighted by Gasteiger charge is 2.15. The molecule has 2 aromatic heterocycles. The zero-order valence-corrected chi connectivity index (χ0v) is 13.2. The van der Waals surface area contributed by atoms with Crippen LogP contribution in [0.4, 0.5) is 0 Å². The molecule has 5 heteroatoms. The van der Waals surface area contributed by atoms with Crippen LogP contribution in [0.3, 0.4) is 0 Å². The third-order valence-corrected chi connectivity index (χ3v) is 3.90. The van der Waals surface area contributed by atoms with Crippen LogP contribution in [-0.4, -0.2) is 19.5 Å². The molecule has 2 rings (SSSR count). The van der Waals surface area contributed by atoms with Gasteiger partial charge in [-0.2, -0.15) is 0 Å². The van der Waals surface area contributed by atoms with E-state index in [-0.39, 0.29) is 5.92 Å². The van der Waals surface area contributed by atoms with Crippen LogP contribution in [0.15, 0.2) is 12.3 Å². The Hall–Kier alpha value is -1.49. The number of nitrogens with zero attached hydrogens (tertiary/aromatic N) is 3. The lowest BCUT2D eigenvalue weighted by Crippen LogP contribution is -2.23. The molecule has 2 N–H and O–H groups in total. The van der Waals surface area contributed by atoms with Gasteiger partial charge in [-0.1, -0.05) is 32.5 Å². The monoisotopic (exact) mass is 290 g/mol. The fourth-order valence-electron chi connectivity index (χ4n) is 2.24. The Morgan fingerprint density at radius 2 is 2.25 bits per heavy atom. The summed E-state index contributed by atoms with van der Waals surface area (Å²) in [5, 5.41) is 0. The van der Waals surface area contributed by atoms with Gasteiger partial charge >= 0.3 is 0 Å². The normalized spacial score (nSPS) is 12.8. The van der Waals surface area contributed by atoms with Gasteiger partial charge in [0.2, 0.25) is 0 Å². The SMILES string of the molecule is CCCCc1nc2cc(C)cnc2n1CC(C)C(N)=S. The zero-order valence-electron chi connectivity index (χ0n) is 12.4. The lowest BCUT2D eigenvalue weighted by atomic mass is 10.1. The van der Waals surface area contributed by atoms with Gasteiger partial charge in [-0.25, -0.2) is 9.97 Å². The van der Waals surface area contributed by atoms with Crippen molar-refractivity contribution in [3.05, 3.63) is 23.7 Å². The summed E-state index contributed by atoms with van der Waals surface area (Å²) < 4.78 is 2.17. The van der Waals surface area contributed by atoms with Crippen molar-refractivity contribution in [3.8, 4) is 0 Å². The topological polar surface area (TPSA) is 56.7 Å². The molecule has 0 fully saturated rings. The number of aromatic nitrogens is 3. The van der Waals surface area contributed by atoms with Gasteiger partial charge in [0.1, 0.15) is 11.3 Å². The van der Waals surface area contributed by atoms with Gasteiger partial charge in [-0.15, -0.1) is 0 Å². The summed E-state index contributed by atoms with van der Waals surface area (Å²) in [6.07, 6.45) is 5.13. The molecule has 108 valence electrons. The lowest BCUT2D eigenvalue weighted by Gasteiger charge is -2.13. The maximum absolute atomic E-state index is 5.75. The molecule has 2 heterocycles. The van der Waals surface area contributed by atoms with E-state index in [1.54, 1.807) is 0 Å². The number of unbranched alkanes of at least 4 members (excludes halogenated alkanes) is 1. The van der Waals surface area contributed by atoms with E-state index in [2.05, 4.69) is 22.5 Å². The van der Waals surface area contributed by atoms with Gasteiger partial charge in [0.25, 0.3) is 0 Å². The molecule has 0 amide bonds. The van der Waals surface area contributed by atoms with Gasteiger partial charge in [-0.3, -0.25) is 0 Å². The van der Waals surface area contributed by atoms with Gasteiger partial charge in [0.15, 0.2) is 5.65 Å². The highest BCUT2D eigenvalue weighted by Crippen LogP contribution is 2.18. The van der Waals surface area contributed by atoms with E-state index in [0.29, 0.717) is 4.99 Å². The number of pyridine rings is 1. The van der Waals surface area contributed by atoms with Gasteiger partial charge in [-0.05, 0) is 25.0 Å². The molecule has 0 aliphatic carbocycles. The van der Waals surface area contributed by atoms with Crippen LogP contribution in [0.1, 0.15) is 38.1 Å². The lowest BCUT2D eigenvalue weighted by molar-refractivity contribution is 0.574. The first-order valence-corrected chi connectivity index (χ1v) is 7.54. The molecule has 2 aromatic rings. The third kappa shape index (κ3) is 3.15. The third-order valence-electron chi connectivity index (χ3n) is 3.50. The van der Waals surface area contributed by atoms with E-state index in [4.69, 9.17) is 22.9 Å². The van der Waals surface area contributed by atoms with Crippen molar-refractivity contribution < 1.29 is 0 Å². The molecular formula is C15H22N4S. The minimum Gasteiger partial charge on any atom is -0.393 e. The molecule has 0 aromatic carbocycles. The molecule has 4 nitrogen and oxygen atoms in total. The van der Waals surface area contributed by atoms with Gasteiger partial charge < -0.3 is 10.3 Å².